The van der Waals surface area contributed by atoms with Gasteiger partial charge in [-0.05, 0) is 31.3 Å². The first-order valence-electron chi connectivity index (χ1n) is 9.36. The lowest BCUT2D eigenvalue weighted by Gasteiger charge is -2.18. The number of benzene rings is 1. The van der Waals surface area contributed by atoms with E-state index in [2.05, 4.69) is 29.0 Å². The molecule has 0 atom stereocenters. The van der Waals surface area contributed by atoms with Crippen LogP contribution in [0.5, 0.6) is 0 Å². The summed E-state index contributed by atoms with van der Waals surface area (Å²) in [6.45, 7) is 8.07. The van der Waals surface area contributed by atoms with Crippen LogP contribution >= 0.6 is 23.2 Å². The molecule has 3 rings (SSSR count). The molecule has 0 bridgehead atoms. The minimum atomic E-state index is -0.150. The average molecular weight is 419 g/mol. The van der Waals surface area contributed by atoms with Gasteiger partial charge in [0.25, 0.3) is 5.56 Å². The van der Waals surface area contributed by atoms with Gasteiger partial charge >= 0.3 is 0 Å². The van der Waals surface area contributed by atoms with Crippen LogP contribution in [-0.2, 0) is 7.05 Å². The largest absolute Gasteiger partial charge is 0.369 e. The van der Waals surface area contributed by atoms with E-state index >= 15 is 0 Å². The van der Waals surface area contributed by atoms with Crippen LogP contribution in [0.4, 0.5) is 5.82 Å². The van der Waals surface area contributed by atoms with Gasteiger partial charge in [0, 0.05) is 43.4 Å². The number of nitrogens with one attached hydrogen (secondary N) is 1. The Kier molecular flexibility index (Phi) is 6.60. The molecule has 0 amide bonds. The van der Waals surface area contributed by atoms with E-state index in [0.717, 1.165) is 42.9 Å². The summed E-state index contributed by atoms with van der Waals surface area (Å²) in [5.41, 5.74) is 1.67. The summed E-state index contributed by atoms with van der Waals surface area (Å²) in [7, 11) is 1.75. The van der Waals surface area contributed by atoms with Gasteiger partial charge < -0.3 is 14.8 Å². The predicted octanol–water partition coefficient (Wildman–Crippen LogP) is 4.66. The highest BCUT2D eigenvalue weighted by atomic mass is 35.5. The molecule has 0 saturated carbocycles. The third-order valence-corrected chi connectivity index (χ3v) is 5.60. The van der Waals surface area contributed by atoms with Gasteiger partial charge in [0.1, 0.15) is 5.82 Å². The first-order valence-corrected chi connectivity index (χ1v) is 10.1. The van der Waals surface area contributed by atoms with Crippen molar-refractivity contribution in [3.63, 3.8) is 0 Å². The summed E-state index contributed by atoms with van der Waals surface area (Å²) in [6.07, 6.45) is 1.77. The minimum absolute atomic E-state index is 0.150. The molecule has 0 unspecified atom stereocenters. The number of nitrogens with zero attached hydrogens (tertiary/aromatic N) is 3. The van der Waals surface area contributed by atoms with Crippen LogP contribution in [0.15, 0.2) is 41.3 Å². The number of fused-ring (bicyclic) bond motifs is 1. The van der Waals surface area contributed by atoms with E-state index in [-0.39, 0.29) is 5.56 Å². The molecule has 7 heteroatoms. The number of hydrogen-bond acceptors (Lipinski definition) is 4. The molecule has 0 fully saturated rings. The van der Waals surface area contributed by atoms with Gasteiger partial charge in [-0.3, -0.25) is 4.79 Å². The van der Waals surface area contributed by atoms with Gasteiger partial charge in [0.15, 0.2) is 0 Å². The van der Waals surface area contributed by atoms with E-state index in [9.17, 15) is 4.79 Å². The fourth-order valence-corrected chi connectivity index (χ4v) is 3.88. The van der Waals surface area contributed by atoms with Crippen LogP contribution < -0.4 is 10.9 Å². The molecule has 1 aromatic carbocycles. The van der Waals surface area contributed by atoms with Crippen molar-refractivity contribution in [1.82, 2.24) is 14.5 Å². The van der Waals surface area contributed by atoms with Crippen molar-refractivity contribution in [2.75, 3.05) is 31.5 Å². The molecule has 148 valence electrons. The summed E-state index contributed by atoms with van der Waals surface area (Å²) in [5.74, 6) is 0.748. The van der Waals surface area contributed by atoms with E-state index in [1.807, 2.05) is 6.07 Å². The van der Waals surface area contributed by atoms with Gasteiger partial charge in [-0.15, -0.1) is 0 Å². The smallest absolute Gasteiger partial charge is 0.258 e. The molecule has 1 N–H and O–H groups in total. The maximum Gasteiger partial charge on any atom is 0.258 e. The zero-order valence-corrected chi connectivity index (χ0v) is 17.8. The summed E-state index contributed by atoms with van der Waals surface area (Å²) >= 11 is 12.6. The van der Waals surface area contributed by atoms with E-state index in [0.29, 0.717) is 21.2 Å². The number of aromatic nitrogens is 2. The second-order valence-corrected chi connectivity index (χ2v) is 7.42. The zero-order valence-electron chi connectivity index (χ0n) is 16.3. The number of pyridine rings is 2. The standard InChI is InChI=1S/C21H24Cl2N4O/c1-4-27(5-2)10-9-24-19-12-18-14(13-25-19)11-15(21(28)26(18)3)20-16(22)7-6-8-17(20)23/h6-8,11-13H,4-5,9-10H2,1-3H3,(H,24,25). The monoisotopic (exact) mass is 418 g/mol. The predicted molar refractivity (Wildman–Crippen MR) is 119 cm³/mol. The molecule has 0 spiro atoms. The van der Waals surface area contributed by atoms with Crippen molar-refractivity contribution < 1.29 is 0 Å². The zero-order chi connectivity index (χ0) is 20.3. The first-order chi connectivity index (χ1) is 13.5. The molecule has 2 heterocycles. The topological polar surface area (TPSA) is 50.2 Å². The first kappa shape index (κ1) is 20.6. The Hall–Kier alpha value is -2.08. The number of halogens is 2. The fraction of sp³-hybridized carbons (Fsp3) is 0.333. The molecular formula is C21H24Cl2N4O. The average Bonchev–Trinajstić information content (AvgIpc) is 2.69. The molecule has 0 radical (unpaired) electrons. The van der Waals surface area contributed by atoms with Crippen LogP contribution in [0.2, 0.25) is 10.0 Å². The Morgan fingerprint density at radius 1 is 1.14 bits per heavy atom. The molecule has 0 aliphatic carbocycles. The third kappa shape index (κ3) is 4.17. The quantitative estimate of drug-likeness (QED) is 0.605. The maximum absolute atomic E-state index is 13.0. The molecule has 0 aliphatic heterocycles. The molecular weight excluding hydrogens is 395 g/mol. The van der Waals surface area contributed by atoms with E-state index in [1.165, 1.54) is 0 Å². The molecule has 0 saturated heterocycles. The lowest BCUT2D eigenvalue weighted by Crippen LogP contribution is -2.28. The van der Waals surface area contributed by atoms with Gasteiger partial charge in [-0.2, -0.15) is 0 Å². The van der Waals surface area contributed by atoms with E-state index in [1.54, 1.807) is 42.1 Å². The third-order valence-electron chi connectivity index (χ3n) is 4.97. The summed E-state index contributed by atoms with van der Waals surface area (Å²) in [5, 5.41) is 5.09. The Bertz CT molecular complexity index is 1020. The highest BCUT2D eigenvalue weighted by molar-refractivity contribution is 6.39. The van der Waals surface area contributed by atoms with Crippen molar-refractivity contribution in [2.45, 2.75) is 13.8 Å². The van der Waals surface area contributed by atoms with Crippen molar-refractivity contribution >= 4 is 39.9 Å². The SMILES string of the molecule is CCN(CC)CCNc1cc2c(cn1)cc(-c1c(Cl)cccc1Cl)c(=O)n2C. The second-order valence-electron chi connectivity index (χ2n) is 6.60. The Morgan fingerprint density at radius 2 is 1.82 bits per heavy atom. The van der Waals surface area contributed by atoms with Crippen LogP contribution in [0.25, 0.3) is 22.0 Å². The highest BCUT2D eigenvalue weighted by Gasteiger charge is 2.15. The number of likely N-dealkylation sites (N-methyl/N-ethyl adjacent to an activating group) is 1. The van der Waals surface area contributed by atoms with Crippen LogP contribution in [0.3, 0.4) is 0 Å². The Balaban J connectivity index is 1.96. The van der Waals surface area contributed by atoms with Crippen molar-refractivity contribution in [3.05, 3.63) is 56.9 Å². The molecule has 5 nitrogen and oxygen atoms in total. The molecule has 28 heavy (non-hydrogen) atoms. The fourth-order valence-electron chi connectivity index (χ4n) is 3.28. The van der Waals surface area contributed by atoms with Crippen molar-refractivity contribution in [1.29, 1.82) is 0 Å². The van der Waals surface area contributed by atoms with E-state index < -0.39 is 0 Å². The van der Waals surface area contributed by atoms with Gasteiger partial charge in [-0.25, -0.2) is 4.98 Å². The van der Waals surface area contributed by atoms with Gasteiger partial charge in [0.05, 0.1) is 21.1 Å². The Morgan fingerprint density at radius 3 is 2.46 bits per heavy atom. The Labute approximate surface area is 174 Å². The lowest BCUT2D eigenvalue weighted by molar-refractivity contribution is 0.316. The van der Waals surface area contributed by atoms with E-state index in [4.69, 9.17) is 23.2 Å². The van der Waals surface area contributed by atoms with Gasteiger partial charge in [0.2, 0.25) is 0 Å². The minimum Gasteiger partial charge on any atom is -0.369 e. The summed E-state index contributed by atoms with van der Waals surface area (Å²) in [6, 6.07) is 8.92. The number of rotatable bonds is 7. The second kappa shape index (κ2) is 8.95. The van der Waals surface area contributed by atoms with Crippen LogP contribution in [0, 0.1) is 0 Å². The number of anilines is 1. The normalized spacial score (nSPS) is 11.4. The molecule has 2 aromatic heterocycles. The van der Waals surface area contributed by atoms with Crippen LogP contribution in [0.1, 0.15) is 13.8 Å². The maximum atomic E-state index is 13.0. The number of aryl methyl sites for hydroxylation is 1. The van der Waals surface area contributed by atoms with Crippen molar-refractivity contribution in [3.8, 4) is 11.1 Å². The number of hydrogen-bond donors (Lipinski definition) is 1. The highest BCUT2D eigenvalue weighted by Crippen LogP contribution is 2.33. The van der Waals surface area contributed by atoms with Crippen LogP contribution in [-0.4, -0.2) is 40.6 Å². The molecule has 0 aliphatic rings. The van der Waals surface area contributed by atoms with Gasteiger partial charge in [-0.1, -0.05) is 43.1 Å². The lowest BCUT2D eigenvalue weighted by atomic mass is 10.1. The molecule has 3 aromatic rings. The summed E-state index contributed by atoms with van der Waals surface area (Å²) < 4.78 is 1.61. The summed E-state index contributed by atoms with van der Waals surface area (Å²) in [4.78, 5) is 19.8. The van der Waals surface area contributed by atoms with Crippen molar-refractivity contribution in [2.24, 2.45) is 7.05 Å².